The van der Waals surface area contributed by atoms with E-state index in [1.165, 1.54) is 73.8 Å². The number of likely N-dealkylation sites (N-methyl/N-ethyl adjacent to an activating group) is 4. The number of nitrogens with one attached hydrogen (secondary N) is 3. The summed E-state index contributed by atoms with van der Waals surface area (Å²) in [6.07, 6.45) is -0.170. The van der Waals surface area contributed by atoms with Crippen LogP contribution in [0.1, 0.15) is 126 Å². The maximum Gasteiger partial charge on any atom is 0.332 e. The lowest BCUT2D eigenvalue weighted by molar-refractivity contribution is -0.177. The SMILES string of the molecule is CCC(C)C1NC(=O)C2CCCN2C(=O)C(Cc2ccc(O)cc2)N(C)C(=O)C(Cc2ccccc2)NC(=O)C(C(C)C)N(C)C(=O)C(C(C)CC)OC(=O)C(C(C)(C)O)N(C)C(=O)C(CC(C)C)NC(=O)C(C(C)C)N(C)C1=O. The summed E-state index contributed by atoms with van der Waals surface area (Å²) in [5, 5.41) is 30.6. The highest BCUT2D eigenvalue weighted by Gasteiger charge is 2.48. The molecule has 444 valence electrons. The largest absolute Gasteiger partial charge is 0.508 e. The van der Waals surface area contributed by atoms with Gasteiger partial charge in [-0.2, -0.15) is 0 Å². The molecule has 2 fully saturated rings. The lowest BCUT2D eigenvalue weighted by atomic mass is 9.93. The summed E-state index contributed by atoms with van der Waals surface area (Å²) in [6.45, 7) is 20.5. The minimum atomic E-state index is -1.98. The number of fused-ring (bicyclic) bond motifs is 1. The highest BCUT2D eigenvalue weighted by atomic mass is 16.6. The normalized spacial score (nSPS) is 26.3. The Bertz CT molecular complexity index is 2480. The van der Waals surface area contributed by atoms with Crippen LogP contribution in [-0.4, -0.2) is 183 Å². The van der Waals surface area contributed by atoms with Gasteiger partial charge in [0.05, 0.1) is 5.60 Å². The molecule has 0 radical (unpaired) electrons. The molecule has 2 heterocycles. The molecule has 8 amide bonds. The Labute approximate surface area is 474 Å². The number of hydrogen-bond donors (Lipinski definition) is 5. The van der Waals surface area contributed by atoms with E-state index in [1.807, 2.05) is 20.8 Å². The van der Waals surface area contributed by atoms with Gasteiger partial charge in [0, 0.05) is 53.5 Å². The van der Waals surface area contributed by atoms with Crippen LogP contribution >= 0.6 is 0 Å². The maximum absolute atomic E-state index is 15.3. The predicted molar refractivity (Wildman–Crippen MR) is 303 cm³/mol. The number of aromatic hydroxyl groups is 1. The van der Waals surface area contributed by atoms with Gasteiger partial charge < -0.3 is 55.4 Å². The van der Waals surface area contributed by atoms with Crippen LogP contribution in [0.2, 0.25) is 0 Å². The van der Waals surface area contributed by atoms with Crippen molar-refractivity contribution in [3.05, 3.63) is 65.7 Å². The summed E-state index contributed by atoms with van der Waals surface area (Å²) >= 11 is 0. The van der Waals surface area contributed by atoms with Crippen LogP contribution in [0.25, 0.3) is 0 Å². The summed E-state index contributed by atoms with van der Waals surface area (Å²) in [6, 6.07) is 4.77. The van der Waals surface area contributed by atoms with Gasteiger partial charge in [0.25, 0.3) is 5.91 Å². The second-order valence-corrected chi connectivity index (χ2v) is 23.9. The number of cyclic esters (lactones) is 1. The van der Waals surface area contributed by atoms with Gasteiger partial charge in [-0.3, -0.25) is 38.4 Å². The van der Waals surface area contributed by atoms with E-state index in [9.17, 15) is 43.8 Å². The molecule has 0 bridgehead atoms. The molecule has 0 spiro atoms. The van der Waals surface area contributed by atoms with E-state index in [4.69, 9.17) is 4.74 Å². The molecular weight excluding hydrogens is 1020 g/mol. The van der Waals surface area contributed by atoms with Crippen molar-refractivity contribution in [2.24, 2.45) is 29.6 Å². The van der Waals surface area contributed by atoms with E-state index >= 15 is 9.59 Å². The van der Waals surface area contributed by atoms with Crippen LogP contribution in [0.3, 0.4) is 0 Å². The number of esters is 1. The second kappa shape index (κ2) is 28.7. The molecule has 20 heteroatoms. The number of amides is 8. The summed E-state index contributed by atoms with van der Waals surface area (Å²) in [5.74, 6) is -9.00. The van der Waals surface area contributed by atoms with Crippen molar-refractivity contribution in [1.29, 1.82) is 0 Å². The molecule has 11 atom stereocenters. The molecule has 0 saturated carbocycles. The molecule has 0 aliphatic carbocycles. The zero-order chi connectivity index (χ0) is 60.2. The molecule has 2 saturated heterocycles. The lowest BCUT2D eigenvalue weighted by Crippen LogP contribution is -2.63. The van der Waals surface area contributed by atoms with Gasteiger partial charge in [-0.25, -0.2) is 4.79 Å². The van der Waals surface area contributed by atoms with Crippen molar-refractivity contribution < 1.29 is 58.1 Å². The smallest absolute Gasteiger partial charge is 0.332 e. The fourth-order valence-corrected chi connectivity index (χ4v) is 11.0. The highest BCUT2D eigenvalue weighted by molar-refractivity contribution is 5.99. The fourth-order valence-electron chi connectivity index (χ4n) is 11.0. The number of phenolic OH excluding ortho intramolecular Hbond substituents is 1. The van der Waals surface area contributed by atoms with Crippen LogP contribution < -0.4 is 16.0 Å². The van der Waals surface area contributed by atoms with Gasteiger partial charge in [-0.05, 0) is 86.5 Å². The van der Waals surface area contributed by atoms with Crippen LogP contribution in [0.5, 0.6) is 5.75 Å². The van der Waals surface area contributed by atoms with E-state index in [1.54, 1.807) is 90.9 Å². The van der Waals surface area contributed by atoms with E-state index in [0.717, 1.165) is 4.90 Å². The molecule has 2 aliphatic rings. The summed E-state index contributed by atoms with van der Waals surface area (Å²) in [7, 11) is 5.59. The average molecular weight is 1120 g/mol. The number of nitrogens with zero attached hydrogens (tertiary/aromatic N) is 5. The summed E-state index contributed by atoms with van der Waals surface area (Å²) in [4.78, 5) is 140. The Kier molecular flexibility index (Phi) is 23.7. The Hall–Kier alpha value is -6.57. The molecule has 4 rings (SSSR count). The minimum Gasteiger partial charge on any atom is -0.508 e. The molecule has 20 nitrogen and oxygen atoms in total. The molecule has 0 aromatic heterocycles. The Morgan fingerprint density at radius 3 is 1.62 bits per heavy atom. The van der Waals surface area contributed by atoms with Crippen molar-refractivity contribution in [3.63, 3.8) is 0 Å². The van der Waals surface area contributed by atoms with Crippen LogP contribution in [0.15, 0.2) is 54.6 Å². The zero-order valence-corrected chi connectivity index (χ0v) is 50.1. The first-order valence-electron chi connectivity index (χ1n) is 28.4. The quantitative estimate of drug-likeness (QED) is 0.178. The average Bonchev–Trinajstić information content (AvgIpc) is 3.90. The van der Waals surface area contributed by atoms with Crippen molar-refractivity contribution in [3.8, 4) is 5.75 Å². The number of carbonyl (C=O) groups excluding carboxylic acids is 9. The van der Waals surface area contributed by atoms with E-state index in [-0.39, 0.29) is 43.9 Å². The van der Waals surface area contributed by atoms with E-state index < -0.39 is 137 Å². The number of carbonyl (C=O) groups is 9. The standard InChI is InChI=1S/C60H92N8O12/c1-17-37(9)46-57(76)65(14)47(35(5)6)52(71)61-42(31-34(3)4)55(74)67(16)50(60(11,12)79)59(78)80-49(38(10)18-2)58(77)66(15)48(36(7)8)53(72)62-43(32-39-23-20-19-21-24-39)54(73)64(13)45(33-40-26-28-41(69)29-27-40)56(75)68-30-22-25-44(68)51(70)63-46/h19-21,23-24,26-29,34-38,42-50,69,79H,17-18,22,25,30-33H2,1-16H3,(H,61,71)(H,62,72)(H,63,70). The zero-order valence-electron chi connectivity index (χ0n) is 50.1. The number of ether oxygens (including phenoxy) is 1. The second-order valence-electron chi connectivity index (χ2n) is 23.9. The number of rotatable bonds is 13. The molecule has 5 N–H and O–H groups in total. The predicted octanol–water partition coefficient (Wildman–Crippen LogP) is 4.08. The monoisotopic (exact) mass is 1120 g/mol. The Balaban J connectivity index is 1.98. The van der Waals surface area contributed by atoms with Gasteiger partial charge in [-0.1, -0.05) is 118 Å². The van der Waals surface area contributed by atoms with Gasteiger partial charge in [0.1, 0.15) is 48.0 Å². The molecule has 2 aromatic rings. The number of aliphatic hydroxyl groups is 1. The van der Waals surface area contributed by atoms with E-state index in [2.05, 4.69) is 16.0 Å². The van der Waals surface area contributed by atoms with Crippen molar-refractivity contribution in [2.75, 3.05) is 34.7 Å². The van der Waals surface area contributed by atoms with Crippen LogP contribution in [0, 0.1) is 29.6 Å². The Morgan fingerprint density at radius 2 is 1.11 bits per heavy atom. The van der Waals surface area contributed by atoms with Gasteiger partial charge in [0.2, 0.25) is 41.4 Å². The summed E-state index contributed by atoms with van der Waals surface area (Å²) in [5.41, 5.74) is -0.742. The third-order valence-corrected chi connectivity index (χ3v) is 15.9. The first-order valence-corrected chi connectivity index (χ1v) is 28.4. The summed E-state index contributed by atoms with van der Waals surface area (Å²) < 4.78 is 6.09. The number of benzene rings is 2. The van der Waals surface area contributed by atoms with Crippen molar-refractivity contribution in [1.82, 2.24) is 40.4 Å². The molecular formula is C60H92N8O12. The van der Waals surface area contributed by atoms with Crippen LogP contribution in [-0.2, 0) is 60.7 Å². The lowest BCUT2D eigenvalue weighted by Gasteiger charge is -2.39. The number of hydrogen-bond acceptors (Lipinski definition) is 12. The van der Waals surface area contributed by atoms with Gasteiger partial charge >= 0.3 is 5.97 Å². The first kappa shape index (κ1) is 65.9. The van der Waals surface area contributed by atoms with E-state index in [0.29, 0.717) is 30.4 Å². The van der Waals surface area contributed by atoms with Gasteiger partial charge in [0.15, 0.2) is 12.1 Å². The third kappa shape index (κ3) is 16.3. The minimum absolute atomic E-state index is 0.0220. The molecule has 11 unspecified atom stereocenters. The molecule has 2 aliphatic heterocycles. The molecule has 80 heavy (non-hydrogen) atoms. The fraction of sp³-hybridized carbons (Fsp3) is 0.650. The topological polar surface area (TPSA) is 256 Å². The van der Waals surface area contributed by atoms with Crippen LogP contribution in [0.4, 0.5) is 0 Å². The Morgan fingerprint density at radius 1 is 0.600 bits per heavy atom. The first-order chi connectivity index (χ1) is 37.4. The highest BCUT2D eigenvalue weighted by Crippen LogP contribution is 2.28. The number of phenols is 1. The molecule has 2 aromatic carbocycles. The van der Waals surface area contributed by atoms with Crippen molar-refractivity contribution in [2.45, 2.75) is 188 Å². The van der Waals surface area contributed by atoms with Crippen molar-refractivity contribution >= 4 is 53.2 Å². The third-order valence-electron chi connectivity index (χ3n) is 15.9. The maximum atomic E-state index is 15.3. The van der Waals surface area contributed by atoms with Gasteiger partial charge in [-0.15, -0.1) is 0 Å².